The van der Waals surface area contributed by atoms with Gasteiger partial charge in [0.15, 0.2) is 0 Å². The number of piperazine rings is 1. The summed E-state index contributed by atoms with van der Waals surface area (Å²) in [6, 6.07) is 6.10. The van der Waals surface area contributed by atoms with E-state index < -0.39 is 0 Å². The van der Waals surface area contributed by atoms with Crippen LogP contribution in [-0.4, -0.2) is 46.5 Å². The molecule has 5 nitrogen and oxygen atoms in total. The minimum atomic E-state index is -0.142. The van der Waals surface area contributed by atoms with E-state index in [0.717, 1.165) is 51.0 Å². The molecule has 0 bridgehead atoms. The highest BCUT2D eigenvalue weighted by Crippen LogP contribution is 2.21. The Kier molecular flexibility index (Phi) is 4.96. The normalized spacial score (nSPS) is 18.0. The summed E-state index contributed by atoms with van der Waals surface area (Å²) in [5.74, 6) is -0.102. The quantitative estimate of drug-likeness (QED) is 0.832. The van der Waals surface area contributed by atoms with Crippen molar-refractivity contribution in [2.45, 2.75) is 32.2 Å². The second kappa shape index (κ2) is 7.37. The van der Waals surface area contributed by atoms with E-state index in [0.29, 0.717) is 18.7 Å². The Bertz CT molecular complexity index is 849. The van der Waals surface area contributed by atoms with Crippen LogP contribution in [0.2, 0.25) is 0 Å². The number of fused-ring (bicyclic) bond motifs is 1. The Morgan fingerprint density at radius 1 is 1.15 bits per heavy atom. The molecule has 2 aromatic rings. The lowest BCUT2D eigenvalue weighted by Gasteiger charge is -2.34. The van der Waals surface area contributed by atoms with Gasteiger partial charge in [-0.25, -0.2) is 0 Å². The summed E-state index contributed by atoms with van der Waals surface area (Å²) in [5, 5.41) is 2.10. The van der Waals surface area contributed by atoms with Crippen molar-refractivity contribution in [2.24, 2.45) is 7.05 Å². The van der Waals surface area contributed by atoms with Gasteiger partial charge in [-0.3, -0.25) is 14.5 Å². The summed E-state index contributed by atoms with van der Waals surface area (Å²) in [4.78, 5) is 31.3. The van der Waals surface area contributed by atoms with Gasteiger partial charge < -0.3 is 9.47 Å². The van der Waals surface area contributed by atoms with Crippen LogP contribution < -0.4 is 5.56 Å². The minimum absolute atomic E-state index is 0.102. The molecule has 138 valence electrons. The van der Waals surface area contributed by atoms with Crippen molar-refractivity contribution in [3.63, 3.8) is 0 Å². The van der Waals surface area contributed by atoms with Gasteiger partial charge in [0.05, 0.1) is 0 Å². The zero-order valence-corrected chi connectivity index (χ0v) is 16.1. The molecule has 0 atom stereocenters. The highest BCUT2D eigenvalue weighted by molar-refractivity contribution is 7.09. The second-order valence-corrected chi connectivity index (χ2v) is 8.28. The molecular weight excluding hydrogens is 346 g/mol. The molecule has 1 aliphatic carbocycles. The maximum Gasteiger partial charge on any atom is 0.263 e. The molecule has 26 heavy (non-hydrogen) atoms. The predicted molar refractivity (Wildman–Crippen MR) is 104 cm³/mol. The number of aromatic nitrogens is 1. The van der Waals surface area contributed by atoms with Crippen LogP contribution in [0, 0.1) is 0 Å². The molecule has 1 saturated heterocycles. The fourth-order valence-electron chi connectivity index (χ4n) is 4.05. The molecule has 1 amide bonds. The molecule has 3 heterocycles. The standard InChI is InChI=1S/C20H25N3O2S/c1-21-18-7-3-2-5-15(18)13-17(19(21)24)20(25)23-10-8-22(9-11-23)14-16-6-4-12-26-16/h4,6,12-13H,2-3,5,7-11,14H2,1H3. The van der Waals surface area contributed by atoms with Gasteiger partial charge in [-0.1, -0.05) is 6.07 Å². The summed E-state index contributed by atoms with van der Waals surface area (Å²) >= 11 is 1.77. The van der Waals surface area contributed by atoms with Crippen molar-refractivity contribution in [3.05, 3.63) is 55.6 Å². The highest BCUT2D eigenvalue weighted by Gasteiger charge is 2.26. The van der Waals surface area contributed by atoms with Gasteiger partial charge in [0.25, 0.3) is 11.5 Å². The van der Waals surface area contributed by atoms with E-state index in [1.807, 2.05) is 18.0 Å². The first-order valence-electron chi connectivity index (χ1n) is 9.39. The zero-order valence-electron chi connectivity index (χ0n) is 15.2. The monoisotopic (exact) mass is 371 g/mol. The fourth-order valence-corrected chi connectivity index (χ4v) is 4.79. The molecule has 0 saturated carbocycles. The maximum atomic E-state index is 13.0. The number of hydrogen-bond donors (Lipinski definition) is 0. The molecule has 0 unspecified atom stereocenters. The van der Waals surface area contributed by atoms with E-state index in [-0.39, 0.29) is 11.5 Å². The number of amides is 1. The zero-order chi connectivity index (χ0) is 18.1. The first-order valence-corrected chi connectivity index (χ1v) is 10.3. The van der Waals surface area contributed by atoms with E-state index in [2.05, 4.69) is 22.4 Å². The lowest BCUT2D eigenvalue weighted by Crippen LogP contribution is -2.49. The van der Waals surface area contributed by atoms with Crippen LogP contribution in [0.3, 0.4) is 0 Å². The maximum absolute atomic E-state index is 13.0. The van der Waals surface area contributed by atoms with E-state index in [9.17, 15) is 9.59 Å². The van der Waals surface area contributed by atoms with Crippen molar-refractivity contribution in [3.8, 4) is 0 Å². The van der Waals surface area contributed by atoms with Gasteiger partial charge in [0.1, 0.15) is 5.56 Å². The third-order valence-corrected chi connectivity index (χ3v) is 6.45. The summed E-state index contributed by atoms with van der Waals surface area (Å²) in [6.45, 7) is 4.03. The molecule has 1 fully saturated rings. The number of carbonyl (C=O) groups is 1. The van der Waals surface area contributed by atoms with E-state index in [4.69, 9.17) is 0 Å². The molecule has 1 aliphatic heterocycles. The highest BCUT2D eigenvalue weighted by atomic mass is 32.1. The molecule has 6 heteroatoms. The van der Waals surface area contributed by atoms with Crippen LogP contribution in [0.4, 0.5) is 0 Å². The Balaban J connectivity index is 1.47. The summed E-state index contributed by atoms with van der Waals surface area (Å²) in [5.41, 5.74) is 2.49. The molecule has 0 N–H and O–H groups in total. The average molecular weight is 372 g/mol. The number of rotatable bonds is 3. The van der Waals surface area contributed by atoms with Gasteiger partial charge in [0, 0.05) is 50.3 Å². The molecule has 4 rings (SSSR count). The molecule has 0 radical (unpaired) electrons. The predicted octanol–water partition coefficient (Wildman–Crippen LogP) is 2.28. The van der Waals surface area contributed by atoms with E-state index >= 15 is 0 Å². The van der Waals surface area contributed by atoms with Crippen molar-refractivity contribution in [2.75, 3.05) is 26.2 Å². The van der Waals surface area contributed by atoms with Crippen molar-refractivity contribution >= 4 is 17.2 Å². The van der Waals surface area contributed by atoms with Crippen LogP contribution in [0.25, 0.3) is 0 Å². The topological polar surface area (TPSA) is 45.6 Å². The summed E-state index contributed by atoms with van der Waals surface area (Å²) < 4.78 is 1.70. The fraction of sp³-hybridized carbons (Fsp3) is 0.500. The van der Waals surface area contributed by atoms with Crippen LogP contribution in [0.15, 0.2) is 28.4 Å². The lowest BCUT2D eigenvalue weighted by atomic mass is 9.94. The third-order valence-electron chi connectivity index (χ3n) is 5.59. The van der Waals surface area contributed by atoms with Crippen molar-refractivity contribution in [1.29, 1.82) is 0 Å². The largest absolute Gasteiger partial charge is 0.336 e. The SMILES string of the molecule is Cn1c2c(cc(C(=O)N3CCN(Cc4cccs4)CC3)c1=O)CCCC2. The number of thiophene rings is 1. The van der Waals surface area contributed by atoms with Gasteiger partial charge in [-0.05, 0) is 48.8 Å². The van der Waals surface area contributed by atoms with E-state index in [1.165, 1.54) is 10.4 Å². The molecule has 2 aliphatic rings. The number of aryl methyl sites for hydroxylation is 1. The van der Waals surface area contributed by atoms with E-state index in [1.54, 1.807) is 15.9 Å². The summed E-state index contributed by atoms with van der Waals surface area (Å²) in [6.07, 6.45) is 4.18. The second-order valence-electron chi connectivity index (χ2n) is 7.25. The lowest BCUT2D eigenvalue weighted by molar-refractivity contribution is 0.0627. The van der Waals surface area contributed by atoms with Gasteiger partial charge in [-0.15, -0.1) is 11.3 Å². The van der Waals surface area contributed by atoms with Crippen LogP contribution >= 0.6 is 11.3 Å². The molecule has 0 aromatic carbocycles. The van der Waals surface area contributed by atoms with Gasteiger partial charge in [0.2, 0.25) is 0 Å². The Labute approximate surface area is 157 Å². The Hall–Kier alpha value is -1.92. The van der Waals surface area contributed by atoms with Crippen molar-refractivity contribution < 1.29 is 4.79 Å². The first-order chi connectivity index (χ1) is 12.6. The van der Waals surface area contributed by atoms with Gasteiger partial charge in [-0.2, -0.15) is 0 Å². The Morgan fingerprint density at radius 3 is 2.65 bits per heavy atom. The number of nitrogens with zero attached hydrogens (tertiary/aromatic N) is 3. The van der Waals surface area contributed by atoms with Crippen LogP contribution in [-0.2, 0) is 26.4 Å². The summed E-state index contributed by atoms with van der Waals surface area (Å²) in [7, 11) is 1.81. The first kappa shape index (κ1) is 17.5. The van der Waals surface area contributed by atoms with Crippen molar-refractivity contribution in [1.82, 2.24) is 14.4 Å². The Morgan fingerprint density at radius 2 is 1.92 bits per heavy atom. The molecular formula is C20H25N3O2S. The van der Waals surface area contributed by atoms with Gasteiger partial charge >= 0.3 is 0 Å². The van der Waals surface area contributed by atoms with Crippen LogP contribution in [0.5, 0.6) is 0 Å². The number of hydrogen-bond acceptors (Lipinski definition) is 4. The number of pyridine rings is 1. The smallest absolute Gasteiger partial charge is 0.263 e. The third kappa shape index (κ3) is 3.35. The number of carbonyl (C=O) groups excluding carboxylic acids is 1. The molecule has 0 spiro atoms. The van der Waals surface area contributed by atoms with Crippen LogP contribution in [0.1, 0.15) is 39.3 Å². The minimum Gasteiger partial charge on any atom is -0.336 e. The molecule has 2 aromatic heterocycles. The average Bonchev–Trinajstić information content (AvgIpc) is 3.18.